The maximum absolute atomic E-state index is 14.7. The zero-order chi connectivity index (χ0) is 25.2. The molecule has 2 spiro atoms. The molecule has 4 heterocycles. The molecule has 3 aromatic rings. The van der Waals surface area contributed by atoms with E-state index in [-0.39, 0.29) is 17.7 Å². The van der Waals surface area contributed by atoms with Gasteiger partial charge in [-0.1, -0.05) is 72.0 Å². The molecule has 0 unspecified atom stereocenters. The van der Waals surface area contributed by atoms with E-state index in [2.05, 4.69) is 4.98 Å². The molecule has 36 heavy (non-hydrogen) atoms. The number of thiocarbonyl (C=S) groups is 1. The first-order valence-corrected chi connectivity index (χ1v) is 13.2. The van der Waals surface area contributed by atoms with Gasteiger partial charge in [0.15, 0.2) is 5.54 Å². The second-order valence-electron chi connectivity index (χ2n) is 9.44. The third-order valence-electron chi connectivity index (χ3n) is 7.68. The lowest BCUT2D eigenvalue weighted by Crippen LogP contribution is -2.62. The van der Waals surface area contributed by atoms with E-state index in [1.807, 2.05) is 66.5 Å². The fourth-order valence-corrected chi connectivity index (χ4v) is 8.45. The molecular formula is C27H23ClN4O2S2. The lowest BCUT2D eigenvalue weighted by Gasteiger charge is -2.42. The quantitative estimate of drug-likeness (QED) is 0.463. The highest BCUT2D eigenvalue weighted by Crippen LogP contribution is 2.66. The molecule has 2 fully saturated rings. The van der Waals surface area contributed by atoms with Crippen molar-refractivity contribution in [1.29, 1.82) is 0 Å². The van der Waals surface area contributed by atoms with Crippen molar-refractivity contribution in [2.75, 3.05) is 25.5 Å². The summed E-state index contributed by atoms with van der Waals surface area (Å²) in [4.78, 5) is 38.8. The van der Waals surface area contributed by atoms with Gasteiger partial charge < -0.3 is 4.90 Å². The molecule has 0 radical (unpaired) electrons. The molecule has 3 atom stereocenters. The minimum Gasteiger partial charge on any atom is -0.313 e. The summed E-state index contributed by atoms with van der Waals surface area (Å²) in [7, 11) is 3.67. The number of carbonyl (C=O) groups excluding carboxylic acids is 2. The fraction of sp³-hybridized carbons (Fsp3) is 0.259. The molecule has 3 aliphatic rings. The Hall–Kier alpha value is -2.78. The Labute approximate surface area is 224 Å². The topological polar surface area (TPSA) is 56.8 Å². The van der Waals surface area contributed by atoms with Gasteiger partial charge >= 0.3 is 0 Å². The molecule has 3 aliphatic heterocycles. The minimum atomic E-state index is -1.28. The maximum Gasteiger partial charge on any atom is 0.254 e. The Balaban J connectivity index is 1.60. The monoisotopic (exact) mass is 534 g/mol. The normalized spacial score (nSPS) is 27.6. The number of aromatic nitrogens is 1. The van der Waals surface area contributed by atoms with Crippen molar-refractivity contribution in [2.45, 2.75) is 22.7 Å². The van der Waals surface area contributed by atoms with Crippen LogP contribution in [0.3, 0.4) is 0 Å². The third-order valence-corrected chi connectivity index (χ3v) is 9.86. The molecular weight excluding hydrogens is 512 g/mol. The van der Waals surface area contributed by atoms with Crippen LogP contribution in [0.5, 0.6) is 0 Å². The Bertz CT molecular complexity index is 1410. The number of likely N-dealkylation sites (N-methyl/N-ethyl adjacent to an activating group) is 2. The number of rotatable bonds is 3. The molecule has 6 nitrogen and oxygen atoms in total. The van der Waals surface area contributed by atoms with E-state index in [4.69, 9.17) is 23.8 Å². The number of nitrogens with zero attached hydrogens (tertiary/aromatic N) is 4. The van der Waals surface area contributed by atoms with Crippen molar-refractivity contribution in [1.82, 2.24) is 14.8 Å². The number of benzene rings is 2. The van der Waals surface area contributed by atoms with Crippen molar-refractivity contribution in [3.63, 3.8) is 0 Å². The number of carbonyl (C=O) groups is 2. The van der Waals surface area contributed by atoms with Crippen molar-refractivity contribution >= 4 is 57.4 Å². The number of fused-ring (bicyclic) bond motifs is 3. The summed E-state index contributed by atoms with van der Waals surface area (Å²) in [5.41, 5.74) is 2.09. The van der Waals surface area contributed by atoms with Gasteiger partial charge in [-0.3, -0.25) is 24.4 Å². The van der Waals surface area contributed by atoms with Gasteiger partial charge in [-0.15, -0.1) is 0 Å². The van der Waals surface area contributed by atoms with Gasteiger partial charge in [0.25, 0.3) is 5.91 Å². The van der Waals surface area contributed by atoms with E-state index >= 15 is 0 Å². The highest BCUT2D eigenvalue weighted by molar-refractivity contribution is 8.25. The van der Waals surface area contributed by atoms with Crippen LogP contribution in [0.2, 0.25) is 5.02 Å². The molecule has 0 saturated carbocycles. The maximum atomic E-state index is 14.7. The lowest BCUT2D eigenvalue weighted by molar-refractivity contribution is -0.139. The van der Waals surface area contributed by atoms with Gasteiger partial charge in [0.05, 0.1) is 6.54 Å². The van der Waals surface area contributed by atoms with Gasteiger partial charge in [0.1, 0.15) is 9.07 Å². The van der Waals surface area contributed by atoms with Crippen molar-refractivity contribution in [3.8, 4) is 0 Å². The summed E-state index contributed by atoms with van der Waals surface area (Å²) in [5.74, 6) is -0.636. The first kappa shape index (κ1) is 23.6. The van der Waals surface area contributed by atoms with Crippen molar-refractivity contribution in [2.24, 2.45) is 0 Å². The molecule has 2 aromatic carbocycles. The van der Waals surface area contributed by atoms with E-state index < -0.39 is 10.3 Å². The minimum absolute atomic E-state index is 0.154. The van der Waals surface area contributed by atoms with Gasteiger partial charge in [0.2, 0.25) is 5.91 Å². The van der Waals surface area contributed by atoms with E-state index in [0.29, 0.717) is 22.4 Å². The van der Waals surface area contributed by atoms with Gasteiger partial charge in [-0.25, -0.2) is 0 Å². The number of thioether (sulfide) groups is 1. The zero-order valence-corrected chi connectivity index (χ0v) is 22.1. The van der Waals surface area contributed by atoms with Crippen LogP contribution in [0, 0.1) is 0 Å². The number of hydrogen-bond donors (Lipinski definition) is 0. The van der Waals surface area contributed by atoms with Crippen molar-refractivity contribution in [3.05, 3.63) is 94.8 Å². The summed E-state index contributed by atoms with van der Waals surface area (Å²) in [6, 6.07) is 19.1. The van der Waals surface area contributed by atoms with E-state index in [1.54, 1.807) is 35.3 Å². The van der Waals surface area contributed by atoms with E-state index in [1.165, 1.54) is 11.8 Å². The number of anilines is 1. The Kier molecular flexibility index (Phi) is 5.50. The van der Waals surface area contributed by atoms with Crippen LogP contribution < -0.4 is 4.90 Å². The van der Waals surface area contributed by atoms with Crippen LogP contribution >= 0.6 is 35.6 Å². The van der Waals surface area contributed by atoms with E-state index in [9.17, 15) is 9.59 Å². The van der Waals surface area contributed by atoms with Gasteiger partial charge in [-0.05, 0) is 42.4 Å². The summed E-state index contributed by atoms with van der Waals surface area (Å²) in [5, 5.41) is 0.517. The molecule has 0 N–H and O–H groups in total. The van der Waals surface area contributed by atoms with Crippen LogP contribution in [0.15, 0.2) is 73.1 Å². The van der Waals surface area contributed by atoms with Crippen molar-refractivity contribution < 1.29 is 9.59 Å². The van der Waals surface area contributed by atoms with Crippen LogP contribution in [0.1, 0.15) is 22.6 Å². The van der Waals surface area contributed by atoms with Crippen LogP contribution in [0.25, 0.3) is 0 Å². The zero-order valence-electron chi connectivity index (χ0n) is 19.7. The highest BCUT2D eigenvalue weighted by atomic mass is 35.5. The number of amides is 2. The standard InChI is InChI=1S/C27H23ClN4O2S2/c1-30-16-21(18-9-6-12-29-14-18)27(24(34)32(25(35)36-27)15-17-7-4-3-5-8-17)26(30)20-13-19(28)10-11-22(20)31(2)23(26)33/h3-14,21H,15-16H2,1-2H3/t21-,26-,27-/m0/s1. The Morgan fingerprint density at radius 2 is 1.86 bits per heavy atom. The van der Waals surface area contributed by atoms with Gasteiger partial charge in [-0.2, -0.15) is 0 Å². The first-order chi connectivity index (χ1) is 17.3. The second kappa shape index (κ2) is 8.38. The number of pyridine rings is 1. The molecule has 182 valence electrons. The number of hydrogen-bond acceptors (Lipinski definition) is 6. The molecule has 1 aromatic heterocycles. The Morgan fingerprint density at radius 1 is 1.08 bits per heavy atom. The predicted molar refractivity (Wildman–Crippen MR) is 146 cm³/mol. The average Bonchev–Trinajstić information content (AvgIpc) is 3.38. The van der Waals surface area contributed by atoms with Crippen LogP contribution in [0.4, 0.5) is 5.69 Å². The summed E-state index contributed by atoms with van der Waals surface area (Å²) < 4.78 is -0.754. The SMILES string of the molecule is CN1C(=O)[C@]2(c3cc(Cl)ccc31)N(C)C[C@@H](c1cccnc1)[C@@]21SC(=S)N(Cc2ccccc2)C1=O. The molecule has 2 saturated heterocycles. The molecule has 0 aliphatic carbocycles. The third kappa shape index (κ3) is 2.96. The second-order valence-corrected chi connectivity index (χ2v) is 11.8. The van der Waals surface area contributed by atoms with Crippen LogP contribution in [-0.2, 0) is 21.7 Å². The Morgan fingerprint density at radius 3 is 2.58 bits per heavy atom. The summed E-state index contributed by atoms with van der Waals surface area (Å²) in [6.07, 6.45) is 3.50. The summed E-state index contributed by atoms with van der Waals surface area (Å²) in [6.45, 7) is 0.830. The van der Waals surface area contributed by atoms with Gasteiger partial charge in [0, 0.05) is 48.2 Å². The first-order valence-electron chi connectivity index (χ1n) is 11.6. The average molecular weight is 535 g/mol. The predicted octanol–water partition coefficient (Wildman–Crippen LogP) is 4.44. The molecule has 0 bridgehead atoms. The molecule has 9 heteroatoms. The fourth-order valence-electron chi connectivity index (χ4n) is 6.15. The van der Waals surface area contributed by atoms with E-state index in [0.717, 1.165) is 22.4 Å². The largest absolute Gasteiger partial charge is 0.313 e. The lowest BCUT2D eigenvalue weighted by atomic mass is 9.72. The highest BCUT2D eigenvalue weighted by Gasteiger charge is 2.78. The molecule has 2 amide bonds. The summed E-state index contributed by atoms with van der Waals surface area (Å²) >= 11 is 13.7. The number of halogens is 1. The smallest absolute Gasteiger partial charge is 0.254 e. The number of likely N-dealkylation sites (tertiary alicyclic amines) is 1. The molecule has 6 rings (SSSR count). The van der Waals surface area contributed by atoms with Crippen LogP contribution in [-0.4, -0.2) is 56.3 Å².